The first kappa shape index (κ1) is 10.5. The molecule has 0 atom stereocenters. The minimum atomic E-state index is -0.991. The molecule has 1 N–H and O–H groups in total. The molecule has 0 saturated carbocycles. The molecule has 1 aliphatic heterocycles. The molecule has 1 aromatic carbocycles. The van der Waals surface area contributed by atoms with Crippen LogP contribution in [0.1, 0.15) is 5.56 Å². The molecule has 0 radical (unpaired) electrons. The zero-order valence-electron chi connectivity index (χ0n) is 8.17. The largest absolute Gasteiger partial charge is 0.324 e. The van der Waals surface area contributed by atoms with Gasteiger partial charge in [0.05, 0.1) is 6.54 Å². The first-order valence-electron chi connectivity index (χ1n) is 4.59. The lowest BCUT2D eigenvalue weighted by atomic mass is 10.2. The minimum absolute atomic E-state index is 0.0462. The Kier molecular flexibility index (Phi) is 2.55. The summed E-state index contributed by atoms with van der Waals surface area (Å²) in [5.41, 5.74) is 0.0462. The fourth-order valence-corrected chi connectivity index (χ4v) is 1.49. The van der Waals surface area contributed by atoms with Crippen molar-refractivity contribution in [2.75, 3.05) is 6.54 Å². The average molecular weight is 226 g/mol. The number of amides is 3. The van der Waals surface area contributed by atoms with Gasteiger partial charge >= 0.3 is 6.03 Å². The first-order chi connectivity index (χ1) is 7.58. The van der Waals surface area contributed by atoms with Crippen molar-refractivity contribution in [3.05, 3.63) is 35.4 Å². The summed E-state index contributed by atoms with van der Waals surface area (Å²) in [6, 6.07) is 3.13. The maximum absolute atomic E-state index is 13.3. The number of rotatable bonds is 2. The number of imide groups is 1. The Labute approximate surface area is 89.8 Å². The predicted molar refractivity (Wildman–Crippen MR) is 50.3 cm³/mol. The van der Waals surface area contributed by atoms with E-state index in [1.807, 2.05) is 0 Å². The van der Waals surface area contributed by atoms with Crippen LogP contribution >= 0.6 is 0 Å². The molecular weight excluding hydrogens is 218 g/mol. The Morgan fingerprint density at radius 3 is 2.69 bits per heavy atom. The van der Waals surface area contributed by atoms with E-state index in [0.717, 1.165) is 11.0 Å². The van der Waals surface area contributed by atoms with Gasteiger partial charge in [0.2, 0.25) is 5.91 Å². The van der Waals surface area contributed by atoms with Gasteiger partial charge in [-0.3, -0.25) is 10.1 Å². The molecule has 0 unspecified atom stereocenters. The van der Waals surface area contributed by atoms with Crippen LogP contribution in [0.15, 0.2) is 18.2 Å². The third-order valence-electron chi connectivity index (χ3n) is 2.26. The third kappa shape index (κ3) is 1.86. The SMILES string of the molecule is O=C1CN(Cc2cccc(F)c2F)C(=O)N1. The van der Waals surface area contributed by atoms with Gasteiger partial charge in [-0.25, -0.2) is 13.6 Å². The monoisotopic (exact) mass is 226 g/mol. The van der Waals surface area contributed by atoms with Crippen LogP contribution in [-0.4, -0.2) is 23.4 Å². The van der Waals surface area contributed by atoms with Crippen LogP contribution in [0.3, 0.4) is 0 Å². The molecule has 1 fully saturated rings. The molecule has 3 amide bonds. The second kappa shape index (κ2) is 3.88. The van der Waals surface area contributed by atoms with Crippen LogP contribution < -0.4 is 5.32 Å². The van der Waals surface area contributed by atoms with Crippen molar-refractivity contribution in [2.45, 2.75) is 6.54 Å². The lowest BCUT2D eigenvalue weighted by Crippen LogP contribution is -2.28. The number of nitrogens with one attached hydrogen (secondary N) is 1. The number of hydrogen-bond acceptors (Lipinski definition) is 2. The summed E-state index contributed by atoms with van der Waals surface area (Å²) >= 11 is 0. The van der Waals surface area contributed by atoms with Gasteiger partial charge in [-0.15, -0.1) is 0 Å². The normalized spacial score (nSPS) is 15.5. The van der Waals surface area contributed by atoms with E-state index < -0.39 is 23.6 Å². The van der Waals surface area contributed by atoms with Gasteiger partial charge in [-0.05, 0) is 6.07 Å². The Bertz CT molecular complexity index is 462. The summed E-state index contributed by atoms with van der Waals surface area (Å²) in [5, 5.41) is 2.05. The van der Waals surface area contributed by atoms with E-state index in [9.17, 15) is 18.4 Å². The summed E-state index contributed by atoms with van der Waals surface area (Å²) in [7, 11) is 0. The van der Waals surface area contributed by atoms with Crippen molar-refractivity contribution < 1.29 is 18.4 Å². The maximum atomic E-state index is 13.3. The van der Waals surface area contributed by atoms with Gasteiger partial charge in [0.1, 0.15) is 6.54 Å². The number of halogens is 2. The first-order valence-corrected chi connectivity index (χ1v) is 4.59. The van der Waals surface area contributed by atoms with Crippen LogP contribution in [0.25, 0.3) is 0 Å². The number of urea groups is 1. The van der Waals surface area contributed by atoms with Crippen molar-refractivity contribution in [1.29, 1.82) is 0 Å². The molecule has 4 nitrogen and oxygen atoms in total. The van der Waals surface area contributed by atoms with E-state index in [1.165, 1.54) is 12.1 Å². The van der Waals surface area contributed by atoms with Crippen LogP contribution in [0.5, 0.6) is 0 Å². The molecule has 1 aliphatic rings. The zero-order chi connectivity index (χ0) is 11.7. The summed E-state index contributed by atoms with van der Waals surface area (Å²) in [6.07, 6.45) is 0. The lowest BCUT2D eigenvalue weighted by molar-refractivity contribution is -0.118. The number of benzene rings is 1. The summed E-state index contributed by atoms with van der Waals surface area (Å²) in [5.74, 6) is -2.40. The highest BCUT2D eigenvalue weighted by molar-refractivity contribution is 6.01. The Balaban J connectivity index is 2.18. The van der Waals surface area contributed by atoms with Gasteiger partial charge in [0.25, 0.3) is 0 Å². The Morgan fingerprint density at radius 2 is 2.06 bits per heavy atom. The number of carbonyl (C=O) groups excluding carboxylic acids is 2. The highest BCUT2D eigenvalue weighted by Crippen LogP contribution is 2.14. The molecule has 84 valence electrons. The van der Waals surface area contributed by atoms with Crippen molar-refractivity contribution >= 4 is 11.9 Å². The zero-order valence-corrected chi connectivity index (χ0v) is 8.17. The molecule has 0 aliphatic carbocycles. The average Bonchev–Trinajstić information content (AvgIpc) is 2.53. The molecule has 1 saturated heterocycles. The maximum Gasteiger partial charge on any atom is 0.324 e. The topological polar surface area (TPSA) is 49.4 Å². The molecule has 0 bridgehead atoms. The van der Waals surface area contributed by atoms with Gasteiger partial charge in [-0.1, -0.05) is 12.1 Å². The molecule has 16 heavy (non-hydrogen) atoms. The van der Waals surface area contributed by atoms with E-state index in [2.05, 4.69) is 5.32 Å². The standard InChI is InChI=1S/C10H8F2N2O2/c11-7-3-1-2-6(9(7)12)4-14-5-8(15)13-10(14)16/h1-3H,4-5H2,(H,13,15,16). The molecule has 0 aromatic heterocycles. The summed E-state index contributed by atoms with van der Waals surface area (Å²) in [6.45, 7) is -0.254. The third-order valence-corrected chi connectivity index (χ3v) is 2.26. The van der Waals surface area contributed by atoms with Crippen molar-refractivity contribution in [3.63, 3.8) is 0 Å². The van der Waals surface area contributed by atoms with E-state index in [0.29, 0.717) is 0 Å². The van der Waals surface area contributed by atoms with E-state index in [4.69, 9.17) is 0 Å². The van der Waals surface area contributed by atoms with Gasteiger partial charge in [0.15, 0.2) is 11.6 Å². The fraction of sp³-hybridized carbons (Fsp3) is 0.200. The smallest absolute Gasteiger partial charge is 0.311 e. The summed E-state index contributed by atoms with van der Waals surface area (Å²) in [4.78, 5) is 23.1. The van der Waals surface area contributed by atoms with Crippen LogP contribution in [0, 0.1) is 11.6 Å². The minimum Gasteiger partial charge on any atom is -0.311 e. The second-order valence-electron chi connectivity index (χ2n) is 3.42. The van der Waals surface area contributed by atoms with Gasteiger partial charge in [-0.2, -0.15) is 0 Å². The van der Waals surface area contributed by atoms with Crippen molar-refractivity contribution in [3.8, 4) is 0 Å². The fourth-order valence-electron chi connectivity index (χ4n) is 1.49. The molecule has 6 heteroatoms. The van der Waals surface area contributed by atoms with E-state index in [1.54, 1.807) is 0 Å². The predicted octanol–water partition coefficient (Wildman–Crippen LogP) is 1.02. The quantitative estimate of drug-likeness (QED) is 0.765. The molecular formula is C10H8F2N2O2. The van der Waals surface area contributed by atoms with Crippen molar-refractivity contribution in [1.82, 2.24) is 10.2 Å². The summed E-state index contributed by atoms with van der Waals surface area (Å²) < 4.78 is 26.1. The molecule has 2 rings (SSSR count). The van der Waals surface area contributed by atoms with E-state index >= 15 is 0 Å². The molecule has 1 aromatic rings. The van der Waals surface area contributed by atoms with Crippen LogP contribution in [-0.2, 0) is 11.3 Å². The van der Waals surface area contributed by atoms with Gasteiger partial charge in [0, 0.05) is 5.56 Å². The Morgan fingerprint density at radius 1 is 1.31 bits per heavy atom. The molecule has 1 heterocycles. The highest BCUT2D eigenvalue weighted by atomic mass is 19.2. The van der Waals surface area contributed by atoms with Gasteiger partial charge < -0.3 is 4.90 Å². The lowest BCUT2D eigenvalue weighted by Gasteiger charge is -2.13. The Hall–Kier alpha value is -1.98. The highest BCUT2D eigenvalue weighted by Gasteiger charge is 2.27. The number of hydrogen-bond donors (Lipinski definition) is 1. The van der Waals surface area contributed by atoms with Crippen LogP contribution in [0.2, 0.25) is 0 Å². The van der Waals surface area contributed by atoms with Crippen molar-refractivity contribution in [2.24, 2.45) is 0 Å². The molecule has 0 spiro atoms. The van der Waals surface area contributed by atoms with E-state index in [-0.39, 0.29) is 18.7 Å². The number of carbonyl (C=O) groups is 2. The number of nitrogens with zero attached hydrogens (tertiary/aromatic N) is 1. The second-order valence-corrected chi connectivity index (χ2v) is 3.42. The van der Waals surface area contributed by atoms with Crippen LogP contribution in [0.4, 0.5) is 13.6 Å².